The molecule has 0 atom stereocenters. The molecule has 0 fully saturated rings. The number of sulfone groups is 1. The third kappa shape index (κ3) is 4.80. The number of imidazole rings is 1. The summed E-state index contributed by atoms with van der Waals surface area (Å²) in [6.07, 6.45) is 6.58. The second-order valence-corrected chi connectivity index (χ2v) is 9.48. The van der Waals surface area contributed by atoms with Crippen LogP contribution < -0.4 is 4.74 Å². The lowest BCUT2D eigenvalue weighted by molar-refractivity contribution is 0.0982. The van der Waals surface area contributed by atoms with Gasteiger partial charge in [-0.1, -0.05) is 25.1 Å². The highest BCUT2D eigenvalue weighted by Gasteiger charge is 2.26. The van der Waals surface area contributed by atoms with E-state index in [1.807, 2.05) is 6.92 Å². The Labute approximate surface area is 191 Å². The van der Waals surface area contributed by atoms with Crippen LogP contribution >= 0.6 is 0 Å². The summed E-state index contributed by atoms with van der Waals surface area (Å²) >= 11 is 0. The molecule has 6 nitrogen and oxygen atoms in total. The number of fused-ring (bicyclic) bond motifs is 1. The van der Waals surface area contributed by atoms with Crippen molar-refractivity contribution in [3.05, 3.63) is 90.1 Å². The lowest BCUT2D eigenvalue weighted by Crippen LogP contribution is -2.09. The van der Waals surface area contributed by atoms with Gasteiger partial charge in [-0.2, -0.15) is 0 Å². The van der Waals surface area contributed by atoms with E-state index >= 15 is 0 Å². The van der Waals surface area contributed by atoms with Crippen LogP contribution in [0.5, 0.6) is 5.75 Å². The van der Waals surface area contributed by atoms with Gasteiger partial charge >= 0.3 is 0 Å². The number of aromatic nitrogens is 2. The summed E-state index contributed by atoms with van der Waals surface area (Å²) in [5, 5.41) is 0. The number of rotatable bonds is 9. The Kier molecular flexibility index (Phi) is 6.55. The van der Waals surface area contributed by atoms with Gasteiger partial charge in [-0.15, -0.1) is 0 Å². The van der Waals surface area contributed by atoms with Crippen LogP contribution in [0.2, 0.25) is 0 Å². The second kappa shape index (κ2) is 9.54. The average Bonchev–Trinajstić information content (AvgIpc) is 3.29. The van der Waals surface area contributed by atoms with Crippen LogP contribution in [-0.2, 0) is 16.3 Å². The van der Waals surface area contributed by atoms with E-state index < -0.39 is 20.5 Å². The van der Waals surface area contributed by atoms with Gasteiger partial charge in [0.2, 0.25) is 9.84 Å². The first-order valence-corrected chi connectivity index (χ1v) is 12.1. The van der Waals surface area contributed by atoms with Crippen molar-refractivity contribution < 1.29 is 22.3 Å². The Balaban J connectivity index is 1.49. The van der Waals surface area contributed by atoms with Crippen LogP contribution in [0.25, 0.3) is 5.65 Å². The fraction of sp³-hybridized carbons (Fsp3) is 0.200. The Bertz CT molecular complexity index is 1400. The molecule has 2 aromatic heterocycles. The van der Waals surface area contributed by atoms with Crippen LogP contribution in [-0.4, -0.2) is 30.2 Å². The molecule has 4 rings (SSSR count). The van der Waals surface area contributed by atoms with Gasteiger partial charge in [-0.3, -0.25) is 4.79 Å². The Morgan fingerprint density at radius 3 is 2.64 bits per heavy atom. The van der Waals surface area contributed by atoms with Gasteiger partial charge in [0, 0.05) is 30.6 Å². The molecule has 0 radical (unpaired) electrons. The average molecular weight is 467 g/mol. The standard InChI is InChI=1S/C25H23FN2O4S/c1-2-16-32-23-5-3-4-21(26)25(23)33(30,31)20-10-6-18(7-11-20)8-12-22(29)19-9-13-24-27-14-15-28(24)17-19/h3-7,9-11,13-15,17H,2,8,12,16H2,1H3. The van der Waals surface area contributed by atoms with E-state index in [0.717, 1.165) is 17.3 Å². The van der Waals surface area contributed by atoms with Crippen LogP contribution in [0.4, 0.5) is 4.39 Å². The van der Waals surface area contributed by atoms with Crippen molar-refractivity contribution in [1.29, 1.82) is 0 Å². The molecule has 0 aliphatic heterocycles. The minimum atomic E-state index is -4.11. The van der Waals surface area contributed by atoms with Crippen molar-refractivity contribution in [2.45, 2.75) is 36.0 Å². The van der Waals surface area contributed by atoms with Gasteiger partial charge in [0.15, 0.2) is 5.78 Å². The normalized spacial score (nSPS) is 11.6. The summed E-state index contributed by atoms with van der Waals surface area (Å²) in [6, 6.07) is 13.7. The number of pyridine rings is 1. The van der Waals surface area contributed by atoms with Gasteiger partial charge < -0.3 is 9.14 Å². The quantitative estimate of drug-likeness (QED) is 0.328. The van der Waals surface area contributed by atoms with Crippen molar-refractivity contribution in [2.24, 2.45) is 0 Å². The minimum Gasteiger partial charge on any atom is -0.492 e. The number of benzene rings is 2. The van der Waals surface area contributed by atoms with Gasteiger partial charge in [-0.25, -0.2) is 17.8 Å². The fourth-order valence-corrected chi connectivity index (χ4v) is 4.96. The summed E-state index contributed by atoms with van der Waals surface area (Å²) in [4.78, 5) is 16.2. The van der Waals surface area contributed by atoms with Crippen molar-refractivity contribution in [1.82, 2.24) is 9.38 Å². The molecule has 8 heteroatoms. The number of halogens is 1. The topological polar surface area (TPSA) is 77.7 Å². The largest absolute Gasteiger partial charge is 0.492 e. The summed E-state index contributed by atoms with van der Waals surface area (Å²) in [7, 11) is -4.11. The molecule has 0 saturated carbocycles. The number of hydrogen-bond donors (Lipinski definition) is 0. The van der Waals surface area contributed by atoms with Crippen LogP contribution in [0.15, 0.2) is 83.0 Å². The van der Waals surface area contributed by atoms with Crippen LogP contribution in [0.1, 0.15) is 35.7 Å². The number of carbonyl (C=O) groups is 1. The molecule has 0 aliphatic carbocycles. The van der Waals surface area contributed by atoms with E-state index in [4.69, 9.17) is 4.74 Å². The molecule has 0 bridgehead atoms. The fourth-order valence-electron chi connectivity index (χ4n) is 3.52. The number of aryl methyl sites for hydroxylation is 1. The predicted octanol–water partition coefficient (Wildman–Crippen LogP) is 4.91. The van der Waals surface area contributed by atoms with E-state index in [2.05, 4.69) is 4.98 Å². The maximum atomic E-state index is 14.5. The Morgan fingerprint density at radius 2 is 1.88 bits per heavy atom. The van der Waals surface area contributed by atoms with Crippen molar-refractivity contribution >= 4 is 21.3 Å². The van der Waals surface area contributed by atoms with E-state index in [0.29, 0.717) is 18.4 Å². The van der Waals surface area contributed by atoms with Gasteiger partial charge in [0.25, 0.3) is 0 Å². The Morgan fingerprint density at radius 1 is 1.09 bits per heavy atom. The third-order valence-electron chi connectivity index (χ3n) is 5.25. The zero-order valence-corrected chi connectivity index (χ0v) is 18.9. The molecule has 0 aliphatic rings. The Hall–Kier alpha value is -3.52. The SMILES string of the molecule is CCCOc1cccc(F)c1S(=O)(=O)c1ccc(CCC(=O)c2ccc3nccn3c2)cc1. The van der Waals surface area contributed by atoms with E-state index in [1.54, 1.807) is 47.3 Å². The molecule has 4 aromatic rings. The molecular formula is C25H23FN2O4S. The lowest BCUT2D eigenvalue weighted by atomic mass is 10.0. The number of carbonyl (C=O) groups excluding carboxylic acids is 1. The highest BCUT2D eigenvalue weighted by molar-refractivity contribution is 7.91. The molecule has 0 spiro atoms. The van der Waals surface area contributed by atoms with E-state index in [1.165, 1.54) is 24.3 Å². The molecule has 0 unspecified atom stereocenters. The molecule has 170 valence electrons. The summed E-state index contributed by atoms with van der Waals surface area (Å²) in [5.74, 6) is -0.874. The first-order chi connectivity index (χ1) is 15.9. The maximum Gasteiger partial charge on any atom is 0.213 e. The zero-order valence-electron chi connectivity index (χ0n) is 18.1. The molecule has 2 heterocycles. The highest BCUT2D eigenvalue weighted by atomic mass is 32.2. The van der Waals surface area contributed by atoms with Gasteiger partial charge in [0.05, 0.1) is 11.5 Å². The van der Waals surface area contributed by atoms with Crippen molar-refractivity contribution in [2.75, 3.05) is 6.61 Å². The van der Waals surface area contributed by atoms with Crippen molar-refractivity contribution in [3.8, 4) is 5.75 Å². The minimum absolute atomic E-state index is 0.00128. The van der Waals surface area contributed by atoms with Crippen LogP contribution in [0.3, 0.4) is 0 Å². The lowest BCUT2D eigenvalue weighted by Gasteiger charge is -2.13. The molecule has 0 saturated heterocycles. The summed E-state index contributed by atoms with van der Waals surface area (Å²) in [6.45, 7) is 2.17. The molecule has 0 amide bonds. The number of ketones is 1. The van der Waals surface area contributed by atoms with Crippen molar-refractivity contribution in [3.63, 3.8) is 0 Å². The monoisotopic (exact) mass is 466 g/mol. The highest BCUT2D eigenvalue weighted by Crippen LogP contribution is 2.32. The molecule has 33 heavy (non-hydrogen) atoms. The predicted molar refractivity (Wildman–Crippen MR) is 122 cm³/mol. The maximum absolute atomic E-state index is 14.5. The summed E-state index contributed by atoms with van der Waals surface area (Å²) in [5.41, 5.74) is 2.15. The van der Waals surface area contributed by atoms with Gasteiger partial charge in [0.1, 0.15) is 22.1 Å². The number of hydrogen-bond acceptors (Lipinski definition) is 5. The molecular weight excluding hydrogens is 443 g/mol. The zero-order chi connectivity index (χ0) is 23.4. The van der Waals surface area contributed by atoms with Crippen LogP contribution in [0, 0.1) is 5.82 Å². The van der Waals surface area contributed by atoms with Gasteiger partial charge in [-0.05, 0) is 54.8 Å². The molecule has 0 N–H and O–H groups in total. The summed E-state index contributed by atoms with van der Waals surface area (Å²) < 4.78 is 47.9. The second-order valence-electron chi connectivity index (χ2n) is 7.60. The third-order valence-corrected chi connectivity index (χ3v) is 7.07. The number of Topliss-reactive ketones (excluding diaryl/α,β-unsaturated/α-hetero) is 1. The van der Waals surface area contributed by atoms with E-state index in [-0.39, 0.29) is 29.5 Å². The number of ether oxygens (including phenoxy) is 1. The number of nitrogens with zero attached hydrogens (tertiary/aromatic N) is 2. The first kappa shape index (κ1) is 22.7. The van der Waals surface area contributed by atoms with E-state index in [9.17, 15) is 17.6 Å². The first-order valence-electron chi connectivity index (χ1n) is 10.6. The smallest absolute Gasteiger partial charge is 0.213 e. The molecule has 2 aromatic carbocycles.